The van der Waals surface area contributed by atoms with Gasteiger partial charge >= 0.3 is 5.97 Å². The number of carbonyl (C=O) groups is 1. The summed E-state index contributed by atoms with van der Waals surface area (Å²) in [5, 5.41) is 15.1. The molecule has 1 atom stereocenters. The summed E-state index contributed by atoms with van der Waals surface area (Å²) in [6, 6.07) is 0. The monoisotopic (exact) mass is 262 g/mol. The van der Waals surface area contributed by atoms with E-state index < -0.39 is 15.8 Å². The zero-order valence-corrected chi connectivity index (χ0v) is 10.4. The van der Waals surface area contributed by atoms with E-state index in [2.05, 4.69) is 10.6 Å². The van der Waals surface area contributed by atoms with E-state index in [4.69, 9.17) is 5.11 Å². The minimum absolute atomic E-state index is 0.0828. The molecule has 17 heavy (non-hydrogen) atoms. The first kappa shape index (κ1) is 12.8. The predicted octanol–water partition coefficient (Wildman–Crippen LogP) is -1.17. The normalized spacial score (nSPS) is 29.8. The van der Waals surface area contributed by atoms with Crippen LogP contribution in [0.25, 0.3) is 0 Å². The summed E-state index contributed by atoms with van der Waals surface area (Å²) in [6.07, 6.45) is 0.769. The molecular formula is C10H18N2O4S. The molecule has 6 nitrogen and oxygen atoms in total. The molecule has 0 aliphatic carbocycles. The molecular weight excluding hydrogens is 244 g/mol. The Labute approximate surface area is 101 Å². The van der Waals surface area contributed by atoms with Gasteiger partial charge in [-0.1, -0.05) is 0 Å². The van der Waals surface area contributed by atoms with Gasteiger partial charge < -0.3 is 15.7 Å². The topological polar surface area (TPSA) is 95.5 Å². The fourth-order valence-corrected chi connectivity index (χ4v) is 4.28. The lowest BCUT2D eigenvalue weighted by Gasteiger charge is -2.43. The maximum Gasteiger partial charge on any atom is 0.305 e. The molecule has 0 bridgehead atoms. The van der Waals surface area contributed by atoms with Crippen molar-refractivity contribution in [2.75, 3.05) is 31.1 Å². The summed E-state index contributed by atoms with van der Waals surface area (Å²) in [5.41, 5.74) is -0.377. The van der Waals surface area contributed by atoms with E-state index in [0.717, 1.165) is 0 Å². The standard InChI is InChI=1S/C10H18N2O4S/c13-9(14)3-10(6-11-7-10)12-4-8-1-2-17(15,16)5-8/h8,11-12H,1-7H2,(H,13,14). The van der Waals surface area contributed by atoms with E-state index in [1.165, 1.54) is 0 Å². The molecule has 2 rings (SSSR count). The van der Waals surface area contributed by atoms with Crippen molar-refractivity contribution in [1.29, 1.82) is 0 Å². The lowest BCUT2D eigenvalue weighted by Crippen LogP contribution is -2.69. The molecule has 2 fully saturated rings. The van der Waals surface area contributed by atoms with Crippen molar-refractivity contribution >= 4 is 15.8 Å². The van der Waals surface area contributed by atoms with E-state index in [9.17, 15) is 13.2 Å². The lowest BCUT2D eigenvalue weighted by molar-refractivity contribution is -0.139. The molecule has 0 aromatic heterocycles. The number of aliphatic carboxylic acids is 1. The molecule has 0 aromatic carbocycles. The molecule has 2 heterocycles. The minimum Gasteiger partial charge on any atom is -0.481 e. The van der Waals surface area contributed by atoms with E-state index in [0.29, 0.717) is 26.1 Å². The molecule has 7 heteroatoms. The highest BCUT2D eigenvalue weighted by Crippen LogP contribution is 2.21. The van der Waals surface area contributed by atoms with E-state index in [-0.39, 0.29) is 29.4 Å². The van der Waals surface area contributed by atoms with Crippen LogP contribution in [0.5, 0.6) is 0 Å². The van der Waals surface area contributed by atoms with E-state index in [1.54, 1.807) is 0 Å². The van der Waals surface area contributed by atoms with Crippen LogP contribution in [0.4, 0.5) is 0 Å². The molecule has 0 radical (unpaired) electrons. The van der Waals surface area contributed by atoms with Crippen LogP contribution in [-0.4, -0.2) is 56.2 Å². The quantitative estimate of drug-likeness (QED) is 0.578. The summed E-state index contributed by atoms with van der Waals surface area (Å²) in [7, 11) is -2.85. The number of sulfone groups is 1. The van der Waals surface area contributed by atoms with Gasteiger partial charge in [0.1, 0.15) is 0 Å². The summed E-state index contributed by atoms with van der Waals surface area (Å²) >= 11 is 0. The van der Waals surface area contributed by atoms with Crippen LogP contribution in [0, 0.1) is 5.92 Å². The van der Waals surface area contributed by atoms with Crippen LogP contribution >= 0.6 is 0 Å². The van der Waals surface area contributed by atoms with Crippen LogP contribution in [0.1, 0.15) is 12.8 Å². The van der Waals surface area contributed by atoms with Gasteiger partial charge in [-0.05, 0) is 18.9 Å². The molecule has 1 unspecified atom stereocenters. The van der Waals surface area contributed by atoms with Crippen LogP contribution in [-0.2, 0) is 14.6 Å². The maximum absolute atomic E-state index is 11.3. The number of rotatable bonds is 5. The second-order valence-electron chi connectivity index (χ2n) is 5.10. The molecule has 0 spiro atoms. The molecule has 2 aliphatic rings. The van der Waals surface area contributed by atoms with Crippen molar-refractivity contribution in [1.82, 2.24) is 10.6 Å². The predicted molar refractivity (Wildman–Crippen MR) is 62.6 cm³/mol. The van der Waals surface area contributed by atoms with Crippen molar-refractivity contribution in [2.45, 2.75) is 18.4 Å². The number of nitrogens with one attached hydrogen (secondary N) is 2. The van der Waals surface area contributed by atoms with Crippen LogP contribution in [0.3, 0.4) is 0 Å². The Morgan fingerprint density at radius 2 is 2.18 bits per heavy atom. The van der Waals surface area contributed by atoms with Gasteiger partial charge in [-0.3, -0.25) is 4.79 Å². The van der Waals surface area contributed by atoms with Crippen LogP contribution < -0.4 is 10.6 Å². The van der Waals surface area contributed by atoms with Crippen molar-refractivity contribution in [3.8, 4) is 0 Å². The third-order valence-electron chi connectivity index (χ3n) is 3.51. The highest BCUT2D eigenvalue weighted by Gasteiger charge is 2.39. The fourth-order valence-electron chi connectivity index (χ4n) is 2.42. The minimum atomic E-state index is -2.85. The van der Waals surface area contributed by atoms with Crippen molar-refractivity contribution in [3.63, 3.8) is 0 Å². The second-order valence-corrected chi connectivity index (χ2v) is 7.33. The zero-order valence-electron chi connectivity index (χ0n) is 9.61. The van der Waals surface area contributed by atoms with Crippen molar-refractivity contribution < 1.29 is 18.3 Å². The van der Waals surface area contributed by atoms with Crippen molar-refractivity contribution in [3.05, 3.63) is 0 Å². The third-order valence-corrected chi connectivity index (χ3v) is 5.35. The average molecular weight is 262 g/mol. The van der Waals surface area contributed by atoms with E-state index in [1.807, 2.05) is 0 Å². The van der Waals surface area contributed by atoms with Crippen LogP contribution in [0.2, 0.25) is 0 Å². The summed E-state index contributed by atoms with van der Waals surface area (Å²) in [6.45, 7) is 1.87. The number of hydrogen-bond acceptors (Lipinski definition) is 5. The van der Waals surface area contributed by atoms with Crippen LogP contribution in [0.15, 0.2) is 0 Å². The summed E-state index contributed by atoms with van der Waals surface area (Å²) in [4.78, 5) is 10.7. The fraction of sp³-hybridized carbons (Fsp3) is 0.900. The van der Waals surface area contributed by atoms with Gasteiger partial charge in [0.05, 0.1) is 23.5 Å². The first-order valence-corrected chi connectivity index (χ1v) is 7.61. The van der Waals surface area contributed by atoms with E-state index >= 15 is 0 Å². The third kappa shape index (κ3) is 3.17. The van der Waals surface area contributed by atoms with Gasteiger partial charge in [0, 0.05) is 13.1 Å². The van der Waals surface area contributed by atoms with Gasteiger partial charge in [-0.25, -0.2) is 8.42 Å². The number of carboxylic acids is 1. The van der Waals surface area contributed by atoms with Gasteiger partial charge in [-0.15, -0.1) is 0 Å². The first-order valence-electron chi connectivity index (χ1n) is 5.79. The molecule has 0 saturated carbocycles. The largest absolute Gasteiger partial charge is 0.481 e. The second kappa shape index (κ2) is 4.55. The van der Waals surface area contributed by atoms with Gasteiger partial charge in [0.15, 0.2) is 9.84 Å². The van der Waals surface area contributed by atoms with Crippen molar-refractivity contribution in [2.24, 2.45) is 5.92 Å². The Hall–Kier alpha value is -0.660. The Morgan fingerprint density at radius 3 is 2.59 bits per heavy atom. The highest BCUT2D eigenvalue weighted by atomic mass is 32.2. The highest BCUT2D eigenvalue weighted by molar-refractivity contribution is 7.91. The number of carboxylic acid groups (broad SMARTS) is 1. The lowest BCUT2D eigenvalue weighted by atomic mass is 9.88. The Kier molecular flexibility index (Phi) is 3.42. The summed E-state index contributed by atoms with van der Waals surface area (Å²) < 4.78 is 22.6. The smallest absolute Gasteiger partial charge is 0.305 e. The molecule has 0 amide bonds. The Bertz CT molecular complexity index is 403. The van der Waals surface area contributed by atoms with Gasteiger partial charge in [0.25, 0.3) is 0 Å². The van der Waals surface area contributed by atoms with Gasteiger partial charge in [-0.2, -0.15) is 0 Å². The maximum atomic E-state index is 11.3. The number of hydrogen-bond donors (Lipinski definition) is 3. The summed E-state index contributed by atoms with van der Waals surface area (Å²) in [5.74, 6) is -0.190. The molecule has 98 valence electrons. The molecule has 3 N–H and O–H groups in total. The molecule has 2 aliphatic heterocycles. The Balaban J connectivity index is 1.83. The zero-order chi connectivity index (χ0) is 12.5. The SMILES string of the molecule is O=C(O)CC1(NCC2CCS(=O)(=O)C2)CNC1. The first-order chi connectivity index (χ1) is 7.91. The Morgan fingerprint density at radius 1 is 1.47 bits per heavy atom. The molecule has 2 saturated heterocycles. The molecule has 0 aromatic rings. The van der Waals surface area contributed by atoms with Gasteiger partial charge in [0.2, 0.25) is 0 Å². The average Bonchev–Trinajstić information content (AvgIpc) is 2.50.